The first-order valence-corrected chi connectivity index (χ1v) is 6.98. The highest BCUT2D eigenvalue weighted by Gasteiger charge is 2.12. The monoisotopic (exact) mass is 285 g/mol. The van der Waals surface area contributed by atoms with Crippen LogP contribution in [0, 0.1) is 5.82 Å². The van der Waals surface area contributed by atoms with Gasteiger partial charge in [-0.15, -0.1) is 0 Å². The third-order valence-electron chi connectivity index (χ3n) is 2.85. The van der Waals surface area contributed by atoms with Gasteiger partial charge >= 0.3 is 0 Å². The van der Waals surface area contributed by atoms with Gasteiger partial charge in [-0.2, -0.15) is 0 Å². The normalized spacial score (nSPS) is 14.1. The molecule has 0 saturated heterocycles. The molecule has 0 bridgehead atoms. The number of nitrogens with two attached hydrogens (primary N) is 1. The second kappa shape index (κ2) is 8.89. The quantitative estimate of drug-likeness (QED) is 0.684. The van der Waals surface area contributed by atoms with E-state index in [-0.39, 0.29) is 25.1 Å². The van der Waals surface area contributed by atoms with Gasteiger partial charge in [0.15, 0.2) is 0 Å². The van der Waals surface area contributed by atoms with Crippen LogP contribution in [0.5, 0.6) is 5.75 Å². The Labute approximate surface area is 119 Å². The number of hydrogen-bond donors (Lipinski definition) is 2. The van der Waals surface area contributed by atoms with Crippen molar-refractivity contribution >= 4 is 0 Å². The van der Waals surface area contributed by atoms with E-state index in [1.807, 2.05) is 0 Å². The maximum Gasteiger partial charge on any atom is 0.124 e. The minimum Gasteiger partial charge on any atom is -0.490 e. The average molecular weight is 285 g/mol. The number of hydrogen-bond acceptors (Lipinski definition) is 4. The fourth-order valence-corrected chi connectivity index (χ4v) is 1.71. The molecule has 0 saturated carbocycles. The molecule has 0 heterocycles. The predicted molar refractivity (Wildman–Crippen MR) is 76.2 cm³/mol. The van der Waals surface area contributed by atoms with Gasteiger partial charge in [-0.05, 0) is 31.5 Å². The van der Waals surface area contributed by atoms with Crippen LogP contribution in [0.2, 0.25) is 0 Å². The molecular formula is C15H24FNO3. The van der Waals surface area contributed by atoms with E-state index in [0.717, 1.165) is 12.8 Å². The Morgan fingerprint density at radius 3 is 2.75 bits per heavy atom. The maximum absolute atomic E-state index is 13.2. The van der Waals surface area contributed by atoms with Gasteiger partial charge in [-0.1, -0.05) is 13.3 Å². The number of rotatable bonds is 9. The van der Waals surface area contributed by atoms with Crippen molar-refractivity contribution in [1.82, 2.24) is 0 Å². The minimum atomic E-state index is -0.710. The van der Waals surface area contributed by atoms with Crippen molar-refractivity contribution < 1.29 is 19.0 Å². The van der Waals surface area contributed by atoms with Gasteiger partial charge in [0.2, 0.25) is 0 Å². The number of unbranched alkanes of at least 4 members (excludes halogenated alkanes) is 1. The van der Waals surface area contributed by atoms with E-state index in [9.17, 15) is 9.50 Å². The summed E-state index contributed by atoms with van der Waals surface area (Å²) in [4.78, 5) is 0. The maximum atomic E-state index is 13.2. The van der Waals surface area contributed by atoms with Crippen LogP contribution in [0.25, 0.3) is 0 Å². The first-order chi connectivity index (χ1) is 9.54. The lowest BCUT2D eigenvalue weighted by Gasteiger charge is -2.16. The molecular weight excluding hydrogens is 261 g/mol. The third kappa shape index (κ3) is 5.86. The third-order valence-corrected chi connectivity index (χ3v) is 2.85. The van der Waals surface area contributed by atoms with Crippen molar-refractivity contribution in [3.05, 3.63) is 29.6 Å². The second-order valence-electron chi connectivity index (χ2n) is 4.86. The SMILES string of the molecule is CCCCOCC(O)COc1ccc(F)cc1[C@H](C)N. The van der Waals surface area contributed by atoms with Gasteiger partial charge in [-0.3, -0.25) is 0 Å². The van der Waals surface area contributed by atoms with Crippen LogP contribution < -0.4 is 10.5 Å². The molecule has 1 rings (SSSR count). The van der Waals surface area contributed by atoms with Crippen molar-refractivity contribution in [1.29, 1.82) is 0 Å². The fraction of sp³-hybridized carbons (Fsp3) is 0.600. The lowest BCUT2D eigenvalue weighted by molar-refractivity contribution is 0.0111. The fourth-order valence-electron chi connectivity index (χ4n) is 1.71. The molecule has 0 amide bonds. The van der Waals surface area contributed by atoms with Crippen LogP contribution in [0.4, 0.5) is 4.39 Å². The van der Waals surface area contributed by atoms with Crippen molar-refractivity contribution in [2.45, 2.75) is 38.8 Å². The number of benzene rings is 1. The van der Waals surface area contributed by atoms with Crippen molar-refractivity contribution in [3.63, 3.8) is 0 Å². The molecule has 0 fully saturated rings. The van der Waals surface area contributed by atoms with Crippen LogP contribution >= 0.6 is 0 Å². The van der Waals surface area contributed by atoms with E-state index in [1.165, 1.54) is 18.2 Å². The molecule has 2 atom stereocenters. The molecule has 3 N–H and O–H groups in total. The number of ether oxygens (including phenoxy) is 2. The molecule has 0 spiro atoms. The molecule has 1 aromatic rings. The Bertz CT molecular complexity index is 399. The summed E-state index contributed by atoms with van der Waals surface area (Å²) in [5.41, 5.74) is 6.36. The summed E-state index contributed by atoms with van der Waals surface area (Å²) in [6.45, 7) is 4.79. The van der Waals surface area contributed by atoms with E-state index < -0.39 is 6.10 Å². The number of aliphatic hydroxyl groups excluding tert-OH is 1. The van der Waals surface area contributed by atoms with Crippen LogP contribution in [-0.4, -0.2) is 31.0 Å². The van der Waals surface area contributed by atoms with E-state index in [1.54, 1.807) is 6.92 Å². The number of halogens is 1. The van der Waals surface area contributed by atoms with Gasteiger partial charge in [0.1, 0.15) is 24.3 Å². The molecule has 5 heteroatoms. The van der Waals surface area contributed by atoms with Crippen LogP contribution in [0.1, 0.15) is 38.3 Å². The van der Waals surface area contributed by atoms with E-state index in [4.69, 9.17) is 15.2 Å². The molecule has 4 nitrogen and oxygen atoms in total. The highest BCUT2D eigenvalue weighted by molar-refractivity contribution is 5.36. The van der Waals surface area contributed by atoms with Crippen molar-refractivity contribution in [2.75, 3.05) is 19.8 Å². The zero-order chi connectivity index (χ0) is 15.0. The standard InChI is InChI=1S/C15H24FNO3/c1-3-4-7-19-9-13(18)10-20-15-6-5-12(16)8-14(15)11(2)17/h5-6,8,11,13,18H,3-4,7,9-10,17H2,1-2H3/t11-,13?/m0/s1. The van der Waals surface area contributed by atoms with Gasteiger partial charge in [-0.25, -0.2) is 4.39 Å². The van der Waals surface area contributed by atoms with E-state index in [0.29, 0.717) is 17.9 Å². The summed E-state index contributed by atoms with van der Waals surface area (Å²) < 4.78 is 24.0. The van der Waals surface area contributed by atoms with Gasteiger partial charge in [0.05, 0.1) is 6.61 Å². The molecule has 1 aromatic carbocycles. The summed E-state index contributed by atoms with van der Waals surface area (Å²) in [5.74, 6) is 0.141. The highest BCUT2D eigenvalue weighted by Crippen LogP contribution is 2.24. The lowest BCUT2D eigenvalue weighted by atomic mass is 10.1. The van der Waals surface area contributed by atoms with Gasteiger partial charge in [0.25, 0.3) is 0 Å². The van der Waals surface area contributed by atoms with Crippen LogP contribution in [0.3, 0.4) is 0 Å². The molecule has 0 aliphatic carbocycles. The Morgan fingerprint density at radius 1 is 1.35 bits per heavy atom. The summed E-state index contributed by atoms with van der Waals surface area (Å²) in [5, 5.41) is 9.74. The molecule has 1 unspecified atom stereocenters. The Balaban J connectivity index is 2.44. The topological polar surface area (TPSA) is 64.7 Å². The molecule has 114 valence electrons. The molecule has 20 heavy (non-hydrogen) atoms. The highest BCUT2D eigenvalue weighted by atomic mass is 19.1. The lowest BCUT2D eigenvalue weighted by Crippen LogP contribution is -2.24. The molecule has 0 radical (unpaired) electrons. The summed E-state index contributed by atoms with van der Waals surface area (Å²) in [7, 11) is 0. The summed E-state index contributed by atoms with van der Waals surface area (Å²) in [6.07, 6.45) is 1.32. The Hall–Kier alpha value is -1.17. The second-order valence-corrected chi connectivity index (χ2v) is 4.86. The minimum absolute atomic E-state index is 0.0947. The first kappa shape index (κ1) is 16.9. The Morgan fingerprint density at radius 2 is 2.10 bits per heavy atom. The molecule has 0 aliphatic heterocycles. The van der Waals surface area contributed by atoms with Crippen molar-refractivity contribution in [2.24, 2.45) is 5.73 Å². The first-order valence-electron chi connectivity index (χ1n) is 6.98. The van der Waals surface area contributed by atoms with Crippen LogP contribution in [-0.2, 0) is 4.74 Å². The van der Waals surface area contributed by atoms with Gasteiger partial charge in [0, 0.05) is 18.2 Å². The zero-order valence-corrected chi connectivity index (χ0v) is 12.1. The largest absolute Gasteiger partial charge is 0.490 e. The molecule has 0 aromatic heterocycles. The van der Waals surface area contributed by atoms with E-state index >= 15 is 0 Å². The average Bonchev–Trinajstić information content (AvgIpc) is 2.42. The van der Waals surface area contributed by atoms with Gasteiger partial charge < -0.3 is 20.3 Å². The number of aliphatic hydroxyl groups is 1. The van der Waals surface area contributed by atoms with Crippen molar-refractivity contribution in [3.8, 4) is 5.75 Å². The summed E-state index contributed by atoms with van der Waals surface area (Å²) in [6, 6.07) is 3.85. The zero-order valence-electron chi connectivity index (χ0n) is 12.1. The molecule has 0 aliphatic rings. The predicted octanol–water partition coefficient (Wildman–Crippen LogP) is 2.40. The Kier molecular flexibility index (Phi) is 7.51. The van der Waals surface area contributed by atoms with Crippen LogP contribution in [0.15, 0.2) is 18.2 Å². The van der Waals surface area contributed by atoms with E-state index in [2.05, 4.69) is 6.92 Å². The summed E-state index contributed by atoms with van der Waals surface area (Å²) >= 11 is 0. The smallest absolute Gasteiger partial charge is 0.124 e.